The molecule has 1 unspecified atom stereocenters. The topological polar surface area (TPSA) is 32.3 Å². The summed E-state index contributed by atoms with van der Waals surface area (Å²) in [4.78, 5) is 14.3. The molecule has 2 aliphatic heterocycles. The lowest BCUT2D eigenvalue weighted by Crippen LogP contribution is -2.39. The smallest absolute Gasteiger partial charge is 0.150 e. The third-order valence-electron chi connectivity index (χ3n) is 4.83. The quantitative estimate of drug-likeness (QED) is 0.872. The van der Waals surface area contributed by atoms with Crippen molar-refractivity contribution in [2.24, 2.45) is 0 Å². The van der Waals surface area contributed by atoms with Crippen molar-refractivity contribution in [3.8, 4) is 0 Å². The van der Waals surface area contributed by atoms with Crippen molar-refractivity contribution in [2.45, 2.75) is 38.6 Å². The van der Waals surface area contributed by atoms with Gasteiger partial charge in [0.2, 0.25) is 0 Å². The molecule has 4 heterocycles. The second kappa shape index (κ2) is 5.54. The summed E-state index contributed by atoms with van der Waals surface area (Å²) in [5, 5.41) is 2.20. The van der Waals surface area contributed by atoms with Crippen LogP contribution in [0.1, 0.15) is 31.2 Å². The molecule has 1 atom stereocenters. The van der Waals surface area contributed by atoms with Crippen molar-refractivity contribution in [3.63, 3.8) is 0 Å². The zero-order chi connectivity index (χ0) is 14.2. The number of fused-ring (bicyclic) bond motifs is 1. The van der Waals surface area contributed by atoms with Gasteiger partial charge in [-0.25, -0.2) is 9.97 Å². The Labute approximate surface area is 129 Å². The first-order valence-electron chi connectivity index (χ1n) is 8.01. The largest absolute Gasteiger partial charge is 0.351 e. The molecule has 112 valence electrons. The number of rotatable bonds is 3. The molecule has 0 N–H and O–H groups in total. The first kappa shape index (κ1) is 13.5. The maximum absolute atomic E-state index is 4.63. The molecule has 4 nitrogen and oxygen atoms in total. The normalized spacial score (nSPS) is 23.5. The van der Waals surface area contributed by atoms with Crippen LogP contribution in [0.4, 0.5) is 5.82 Å². The maximum Gasteiger partial charge on any atom is 0.150 e. The fraction of sp³-hybridized carbons (Fsp3) is 0.625. The van der Waals surface area contributed by atoms with Gasteiger partial charge < -0.3 is 9.80 Å². The Kier molecular flexibility index (Phi) is 3.55. The van der Waals surface area contributed by atoms with E-state index in [1.807, 2.05) is 0 Å². The van der Waals surface area contributed by atoms with Crippen LogP contribution in [0.3, 0.4) is 0 Å². The third kappa shape index (κ3) is 2.42. The average Bonchev–Trinajstić information content (AvgIpc) is 3.22. The lowest BCUT2D eigenvalue weighted by atomic mass is 10.2. The standard InChI is InChI=1S/C16H22N4S/c1-12-10-21-15-14(12)17-11-18-16(15)20-8-4-5-13(20)9-19-6-2-3-7-19/h10-11,13H,2-9H2,1H3. The predicted molar refractivity (Wildman–Crippen MR) is 88.2 cm³/mol. The minimum Gasteiger partial charge on any atom is -0.351 e. The Hall–Kier alpha value is -1.20. The molecule has 2 saturated heterocycles. The van der Waals surface area contributed by atoms with Crippen LogP contribution in [0.15, 0.2) is 11.7 Å². The fourth-order valence-electron chi connectivity index (χ4n) is 3.73. The number of hydrogen-bond donors (Lipinski definition) is 0. The molecule has 2 fully saturated rings. The highest BCUT2D eigenvalue weighted by Crippen LogP contribution is 2.34. The first-order valence-corrected chi connectivity index (χ1v) is 8.88. The average molecular weight is 302 g/mol. The van der Waals surface area contributed by atoms with Crippen LogP contribution in [0, 0.1) is 6.92 Å². The van der Waals surface area contributed by atoms with E-state index in [0.717, 1.165) is 12.1 Å². The van der Waals surface area contributed by atoms with Crippen molar-refractivity contribution in [1.29, 1.82) is 0 Å². The number of aryl methyl sites for hydroxylation is 1. The Bertz CT molecular complexity index is 632. The number of nitrogens with zero attached hydrogens (tertiary/aromatic N) is 4. The second-order valence-electron chi connectivity index (χ2n) is 6.29. The van der Waals surface area contributed by atoms with Gasteiger partial charge in [0, 0.05) is 19.1 Å². The van der Waals surface area contributed by atoms with Gasteiger partial charge in [-0.05, 0) is 56.6 Å². The van der Waals surface area contributed by atoms with Crippen molar-refractivity contribution in [2.75, 3.05) is 31.1 Å². The molecule has 0 radical (unpaired) electrons. The number of anilines is 1. The van der Waals surface area contributed by atoms with Crippen molar-refractivity contribution in [3.05, 3.63) is 17.3 Å². The molecule has 0 bridgehead atoms. The van der Waals surface area contributed by atoms with Gasteiger partial charge >= 0.3 is 0 Å². The van der Waals surface area contributed by atoms with Crippen molar-refractivity contribution in [1.82, 2.24) is 14.9 Å². The van der Waals surface area contributed by atoms with E-state index in [9.17, 15) is 0 Å². The second-order valence-corrected chi connectivity index (χ2v) is 7.17. The van der Waals surface area contributed by atoms with E-state index in [4.69, 9.17) is 0 Å². The van der Waals surface area contributed by atoms with Crippen LogP contribution in [0.2, 0.25) is 0 Å². The maximum atomic E-state index is 4.63. The molecule has 0 saturated carbocycles. The highest BCUT2D eigenvalue weighted by molar-refractivity contribution is 7.18. The van der Waals surface area contributed by atoms with E-state index in [1.54, 1.807) is 17.7 Å². The highest BCUT2D eigenvalue weighted by Gasteiger charge is 2.29. The van der Waals surface area contributed by atoms with E-state index in [2.05, 4.69) is 32.1 Å². The summed E-state index contributed by atoms with van der Waals surface area (Å²) < 4.78 is 1.27. The van der Waals surface area contributed by atoms with E-state index in [-0.39, 0.29) is 0 Å². The van der Waals surface area contributed by atoms with Gasteiger partial charge in [-0.15, -0.1) is 11.3 Å². The molecule has 0 spiro atoms. The van der Waals surface area contributed by atoms with Crippen LogP contribution in [0.5, 0.6) is 0 Å². The molecule has 2 aromatic rings. The van der Waals surface area contributed by atoms with Gasteiger partial charge in [0.25, 0.3) is 0 Å². The van der Waals surface area contributed by atoms with Crippen LogP contribution in [-0.2, 0) is 0 Å². The van der Waals surface area contributed by atoms with Crippen molar-refractivity contribution >= 4 is 27.4 Å². The van der Waals surface area contributed by atoms with E-state index >= 15 is 0 Å². The molecular formula is C16H22N4S. The Balaban J connectivity index is 1.63. The van der Waals surface area contributed by atoms with Gasteiger partial charge in [-0.2, -0.15) is 0 Å². The molecular weight excluding hydrogens is 280 g/mol. The summed E-state index contributed by atoms with van der Waals surface area (Å²) in [6.45, 7) is 7.04. The van der Waals surface area contributed by atoms with Gasteiger partial charge in [0.05, 0.1) is 10.2 Å². The number of likely N-dealkylation sites (tertiary alicyclic amines) is 1. The molecule has 2 aromatic heterocycles. The van der Waals surface area contributed by atoms with Crippen LogP contribution < -0.4 is 4.90 Å². The minimum atomic E-state index is 0.628. The molecule has 21 heavy (non-hydrogen) atoms. The Morgan fingerprint density at radius 1 is 1.19 bits per heavy atom. The van der Waals surface area contributed by atoms with Crippen LogP contribution >= 0.6 is 11.3 Å². The third-order valence-corrected chi connectivity index (χ3v) is 5.91. The molecule has 0 aliphatic carbocycles. The number of aromatic nitrogens is 2. The lowest BCUT2D eigenvalue weighted by molar-refractivity contribution is 0.313. The summed E-state index contributed by atoms with van der Waals surface area (Å²) in [5.74, 6) is 1.17. The highest BCUT2D eigenvalue weighted by atomic mass is 32.1. The van der Waals surface area contributed by atoms with Gasteiger partial charge in [0.15, 0.2) is 0 Å². The monoisotopic (exact) mass is 302 g/mol. The minimum absolute atomic E-state index is 0.628. The number of thiophene rings is 1. The Morgan fingerprint density at radius 3 is 2.90 bits per heavy atom. The summed E-state index contributed by atoms with van der Waals surface area (Å²) >= 11 is 1.79. The first-order chi connectivity index (χ1) is 10.3. The predicted octanol–water partition coefficient (Wildman–Crippen LogP) is 3.06. The summed E-state index contributed by atoms with van der Waals surface area (Å²) in [6, 6.07) is 0.628. The van der Waals surface area contributed by atoms with Crippen LogP contribution in [-0.4, -0.2) is 47.1 Å². The van der Waals surface area contributed by atoms with Crippen LogP contribution in [0.25, 0.3) is 10.2 Å². The lowest BCUT2D eigenvalue weighted by Gasteiger charge is -2.29. The SMILES string of the molecule is Cc1csc2c(N3CCCC3CN3CCCC3)ncnc12. The van der Waals surface area contributed by atoms with E-state index in [1.165, 1.54) is 61.4 Å². The summed E-state index contributed by atoms with van der Waals surface area (Å²) in [7, 11) is 0. The molecule has 0 amide bonds. The van der Waals surface area contributed by atoms with Gasteiger partial charge in [-0.3, -0.25) is 0 Å². The zero-order valence-corrected chi connectivity index (χ0v) is 13.4. The Morgan fingerprint density at radius 2 is 2.05 bits per heavy atom. The molecule has 0 aromatic carbocycles. The van der Waals surface area contributed by atoms with Crippen molar-refractivity contribution < 1.29 is 0 Å². The number of hydrogen-bond acceptors (Lipinski definition) is 5. The summed E-state index contributed by atoms with van der Waals surface area (Å²) in [5.41, 5.74) is 2.41. The molecule has 2 aliphatic rings. The van der Waals surface area contributed by atoms with E-state index < -0.39 is 0 Å². The molecule has 5 heteroatoms. The van der Waals surface area contributed by atoms with E-state index in [0.29, 0.717) is 6.04 Å². The zero-order valence-electron chi connectivity index (χ0n) is 12.6. The van der Waals surface area contributed by atoms with Gasteiger partial charge in [0.1, 0.15) is 12.1 Å². The fourth-order valence-corrected chi connectivity index (χ4v) is 4.74. The van der Waals surface area contributed by atoms with Gasteiger partial charge in [-0.1, -0.05) is 0 Å². The molecule has 4 rings (SSSR count). The summed E-state index contributed by atoms with van der Waals surface area (Å²) in [6.07, 6.45) is 7.06.